The van der Waals surface area contributed by atoms with Gasteiger partial charge in [-0.3, -0.25) is 0 Å². The third-order valence-corrected chi connectivity index (χ3v) is 11.7. The minimum atomic E-state index is -0.119. The summed E-state index contributed by atoms with van der Waals surface area (Å²) in [4.78, 5) is 1.86. The number of hydrogen-bond acceptors (Lipinski definition) is 1. The van der Waals surface area contributed by atoms with E-state index in [0.29, 0.717) is 16.9 Å². The molecule has 0 aromatic heterocycles. The van der Waals surface area contributed by atoms with Crippen molar-refractivity contribution in [2.24, 2.45) is 0 Å². The van der Waals surface area contributed by atoms with Crippen molar-refractivity contribution in [3.63, 3.8) is 0 Å². The highest BCUT2D eigenvalue weighted by atomic mass is 15.1. The fourth-order valence-electron chi connectivity index (χ4n) is 8.60. The normalized spacial score (nSPS) is 12.2. The lowest BCUT2D eigenvalue weighted by Crippen LogP contribution is -2.09. The highest BCUT2D eigenvalue weighted by molar-refractivity contribution is 6.08. The van der Waals surface area contributed by atoms with Crippen molar-refractivity contribution in [3.05, 3.63) is 249 Å². The Morgan fingerprint density at radius 3 is 1.36 bits per heavy atom. The maximum atomic E-state index is 9.61. The molecule has 11 aromatic carbocycles. The Morgan fingerprint density at radius 1 is 0.246 bits per heavy atom. The van der Waals surface area contributed by atoms with Crippen LogP contribution in [0.3, 0.4) is 0 Å². The van der Waals surface area contributed by atoms with Crippen molar-refractivity contribution in [3.8, 4) is 55.6 Å². The van der Waals surface area contributed by atoms with Gasteiger partial charge in [-0.25, -0.2) is 0 Å². The monoisotopic (exact) mass is 779 g/mol. The van der Waals surface area contributed by atoms with E-state index < -0.39 is 0 Å². The van der Waals surface area contributed by atoms with Crippen LogP contribution in [0, 0.1) is 0 Å². The fraction of sp³-hybridized carbons (Fsp3) is 0. The summed E-state index contributed by atoms with van der Waals surface area (Å²) in [7, 11) is 0. The van der Waals surface area contributed by atoms with E-state index in [1.54, 1.807) is 0 Å². The fourth-order valence-corrected chi connectivity index (χ4v) is 8.60. The standard InChI is InChI=1S/C60H41N/c1-2-11-42(12-3-1)48-16-8-17-49(39-48)43-25-32-54(33-26-43)61(56-36-29-45(30-37-56)51-31-38-60-53(41-51)24-23-47-14-5-7-21-58(47)60)55-34-27-44(28-35-55)50-18-9-19-52(40-50)59-22-10-15-46-13-4-6-20-57(46)59/h1-41H/i29D,30D,36D,37D. The maximum Gasteiger partial charge on any atom is 0.0645 e. The Labute approximate surface area is 362 Å². The molecule has 1 nitrogen and oxygen atoms in total. The number of hydrogen-bond donors (Lipinski definition) is 0. The SMILES string of the molecule is [2H]c1c([2H])c(N(c2ccc(-c3cccc(-c4ccccc4)c3)cc2)c2ccc(-c3cccc(-c4cccc5ccccc45)c3)cc2)c([2H])c([2H])c1-c1ccc2c(ccc3ccccc32)c1. The zero-order valence-corrected chi connectivity index (χ0v) is 33.3. The van der Waals surface area contributed by atoms with Gasteiger partial charge in [0, 0.05) is 17.1 Å². The first-order valence-corrected chi connectivity index (χ1v) is 20.7. The molecule has 0 N–H and O–H groups in total. The lowest BCUT2D eigenvalue weighted by Gasteiger charge is -2.26. The van der Waals surface area contributed by atoms with Gasteiger partial charge in [-0.15, -0.1) is 0 Å². The van der Waals surface area contributed by atoms with Crippen molar-refractivity contribution < 1.29 is 5.48 Å². The van der Waals surface area contributed by atoms with Crippen LogP contribution < -0.4 is 4.90 Å². The smallest absolute Gasteiger partial charge is 0.0645 e. The van der Waals surface area contributed by atoms with E-state index in [1.807, 2.05) is 77.7 Å². The minimum absolute atomic E-state index is 0.0950. The van der Waals surface area contributed by atoms with E-state index in [2.05, 4.69) is 152 Å². The van der Waals surface area contributed by atoms with Crippen LogP contribution in [0.15, 0.2) is 249 Å². The Morgan fingerprint density at radius 2 is 0.689 bits per heavy atom. The molecule has 0 saturated heterocycles. The average Bonchev–Trinajstić information content (AvgIpc) is 3.37. The van der Waals surface area contributed by atoms with Gasteiger partial charge in [0.2, 0.25) is 0 Å². The summed E-state index contributed by atoms with van der Waals surface area (Å²) in [6.07, 6.45) is 0. The molecule has 0 aliphatic heterocycles. The lowest BCUT2D eigenvalue weighted by atomic mass is 9.95. The molecule has 0 aliphatic rings. The number of rotatable bonds is 8. The molecule has 0 spiro atoms. The second-order valence-corrected chi connectivity index (χ2v) is 15.4. The third-order valence-electron chi connectivity index (χ3n) is 11.7. The molecule has 0 atom stereocenters. The third kappa shape index (κ3) is 7.03. The molecule has 0 heterocycles. The molecule has 0 amide bonds. The van der Waals surface area contributed by atoms with E-state index in [4.69, 9.17) is 0 Å². The molecule has 0 unspecified atom stereocenters. The molecular formula is C60H41N. The predicted molar refractivity (Wildman–Crippen MR) is 261 cm³/mol. The van der Waals surface area contributed by atoms with Crippen LogP contribution in [0.5, 0.6) is 0 Å². The van der Waals surface area contributed by atoms with E-state index >= 15 is 0 Å². The van der Waals surface area contributed by atoms with Gasteiger partial charge in [-0.05, 0) is 143 Å². The van der Waals surface area contributed by atoms with Crippen molar-refractivity contribution >= 4 is 49.4 Å². The highest BCUT2D eigenvalue weighted by Crippen LogP contribution is 2.39. The molecule has 0 saturated carbocycles. The van der Waals surface area contributed by atoms with Gasteiger partial charge in [-0.2, -0.15) is 0 Å². The van der Waals surface area contributed by atoms with Crippen LogP contribution >= 0.6 is 0 Å². The van der Waals surface area contributed by atoms with Gasteiger partial charge in [-0.1, -0.05) is 194 Å². The van der Waals surface area contributed by atoms with Gasteiger partial charge in [0.05, 0.1) is 5.48 Å². The van der Waals surface area contributed by atoms with Crippen molar-refractivity contribution in [1.29, 1.82) is 0 Å². The second-order valence-electron chi connectivity index (χ2n) is 15.4. The summed E-state index contributed by atoms with van der Waals surface area (Å²) in [6.45, 7) is 0. The first-order valence-electron chi connectivity index (χ1n) is 22.7. The van der Waals surface area contributed by atoms with Crippen molar-refractivity contribution in [1.82, 2.24) is 0 Å². The summed E-state index contributed by atoms with van der Waals surface area (Å²) in [5.74, 6) is 0. The number of anilines is 3. The molecule has 0 aliphatic carbocycles. The Hall–Kier alpha value is -8.00. The van der Waals surface area contributed by atoms with Gasteiger partial charge >= 0.3 is 0 Å². The van der Waals surface area contributed by atoms with Gasteiger partial charge < -0.3 is 4.90 Å². The Bertz CT molecular complexity index is 3550. The summed E-state index contributed by atoms with van der Waals surface area (Å²) < 4.78 is 38.2. The van der Waals surface area contributed by atoms with E-state index in [0.717, 1.165) is 60.5 Å². The summed E-state index contributed by atoms with van der Waals surface area (Å²) in [5, 5.41) is 6.71. The lowest BCUT2D eigenvalue weighted by molar-refractivity contribution is 1.28. The first kappa shape index (κ1) is 31.9. The van der Waals surface area contributed by atoms with Crippen LogP contribution in [0.2, 0.25) is 0 Å². The van der Waals surface area contributed by atoms with E-state index in [1.165, 1.54) is 16.3 Å². The van der Waals surface area contributed by atoms with Gasteiger partial charge in [0.1, 0.15) is 0 Å². The van der Waals surface area contributed by atoms with Gasteiger partial charge in [0.15, 0.2) is 0 Å². The second kappa shape index (κ2) is 15.6. The topological polar surface area (TPSA) is 3.24 Å². The Kier molecular flexibility index (Phi) is 8.18. The highest BCUT2D eigenvalue weighted by Gasteiger charge is 2.15. The zero-order chi connectivity index (χ0) is 44.0. The number of benzene rings is 11. The molecular weight excluding hydrogens is 735 g/mol. The van der Waals surface area contributed by atoms with Crippen LogP contribution in [0.4, 0.5) is 17.1 Å². The predicted octanol–water partition coefficient (Wildman–Crippen LogP) is 17.0. The van der Waals surface area contributed by atoms with Crippen molar-refractivity contribution in [2.45, 2.75) is 0 Å². The quantitative estimate of drug-likeness (QED) is 0.139. The van der Waals surface area contributed by atoms with Crippen LogP contribution in [-0.2, 0) is 0 Å². The first-order chi connectivity index (χ1) is 31.9. The minimum Gasteiger partial charge on any atom is -0.311 e. The molecule has 286 valence electrons. The molecule has 0 radical (unpaired) electrons. The average molecular weight is 780 g/mol. The number of fused-ring (bicyclic) bond motifs is 4. The van der Waals surface area contributed by atoms with E-state index in [-0.39, 0.29) is 35.4 Å². The maximum absolute atomic E-state index is 9.61. The van der Waals surface area contributed by atoms with Crippen LogP contribution in [-0.4, -0.2) is 0 Å². The molecule has 11 aromatic rings. The summed E-state index contributed by atoms with van der Waals surface area (Å²) in [6, 6.07) is 76.3. The number of nitrogens with zero attached hydrogens (tertiary/aromatic N) is 1. The molecule has 1 heteroatoms. The molecule has 0 bridgehead atoms. The summed E-state index contributed by atoms with van der Waals surface area (Å²) in [5.41, 5.74) is 11.3. The summed E-state index contributed by atoms with van der Waals surface area (Å²) >= 11 is 0. The van der Waals surface area contributed by atoms with Crippen LogP contribution in [0.1, 0.15) is 5.48 Å². The molecule has 11 rings (SSSR count). The molecule has 61 heavy (non-hydrogen) atoms. The zero-order valence-electron chi connectivity index (χ0n) is 37.3. The molecule has 0 fully saturated rings. The van der Waals surface area contributed by atoms with E-state index in [9.17, 15) is 5.48 Å². The Balaban J connectivity index is 1.01. The van der Waals surface area contributed by atoms with Crippen LogP contribution in [0.25, 0.3) is 88.0 Å². The van der Waals surface area contributed by atoms with Gasteiger partial charge in [0.25, 0.3) is 0 Å². The largest absolute Gasteiger partial charge is 0.311 e. The van der Waals surface area contributed by atoms with Crippen molar-refractivity contribution in [2.75, 3.05) is 4.90 Å².